The number of rotatable bonds is 6. The molecule has 0 saturated carbocycles. The molecule has 1 amide bonds. The van der Waals surface area contributed by atoms with Crippen LogP contribution in [0.15, 0.2) is 0 Å². The number of aromatic nitrogens is 4. The lowest BCUT2D eigenvalue weighted by Gasteiger charge is -2.09. The van der Waals surface area contributed by atoms with E-state index in [9.17, 15) is 4.79 Å². The molecule has 15 heavy (non-hydrogen) atoms. The third-order valence-corrected chi connectivity index (χ3v) is 1.84. The second kappa shape index (κ2) is 6.07. The van der Waals surface area contributed by atoms with Gasteiger partial charge in [0.05, 0.1) is 12.6 Å². The van der Waals surface area contributed by atoms with Gasteiger partial charge in [-0.2, -0.15) is 5.21 Å². The first-order chi connectivity index (χ1) is 7.24. The summed E-state index contributed by atoms with van der Waals surface area (Å²) < 4.78 is 0. The number of aromatic amines is 1. The molecule has 0 aromatic carbocycles. The summed E-state index contributed by atoms with van der Waals surface area (Å²) in [5.41, 5.74) is 0. The van der Waals surface area contributed by atoms with Gasteiger partial charge < -0.3 is 10.6 Å². The summed E-state index contributed by atoms with van der Waals surface area (Å²) in [5, 5.41) is 19.1. The van der Waals surface area contributed by atoms with E-state index in [-0.39, 0.29) is 11.9 Å². The Morgan fingerprint density at radius 3 is 3.00 bits per heavy atom. The zero-order valence-electron chi connectivity index (χ0n) is 8.95. The molecule has 0 fully saturated rings. The van der Waals surface area contributed by atoms with Crippen molar-refractivity contribution in [2.75, 3.05) is 13.1 Å². The zero-order valence-corrected chi connectivity index (χ0v) is 8.95. The minimum Gasteiger partial charge on any atom is -0.345 e. The first kappa shape index (κ1) is 11.6. The SMILES string of the molecule is CCCNCC(=O)NC(C)c1nn[nH]n1. The smallest absolute Gasteiger partial charge is 0.234 e. The molecule has 3 N–H and O–H groups in total. The van der Waals surface area contributed by atoms with Crippen molar-refractivity contribution in [3.63, 3.8) is 0 Å². The molecule has 7 heteroatoms. The second-order valence-corrected chi connectivity index (χ2v) is 3.24. The Morgan fingerprint density at radius 1 is 1.60 bits per heavy atom. The van der Waals surface area contributed by atoms with Gasteiger partial charge in [0, 0.05) is 0 Å². The van der Waals surface area contributed by atoms with Crippen LogP contribution in [-0.4, -0.2) is 39.6 Å². The molecule has 1 aromatic heterocycles. The van der Waals surface area contributed by atoms with Crippen molar-refractivity contribution in [2.45, 2.75) is 26.3 Å². The highest BCUT2D eigenvalue weighted by molar-refractivity contribution is 5.78. The fraction of sp³-hybridized carbons (Fsp3) is 0.750. The molecule has 1 heterocycles. The van der Waals surface area contributed by atoms with Gasteiger partial charge >= 0.3 is 0 Å². The van der Waals surface area contributed by atoms with Gasteiger partial charge in [0.15, 0.2) is 5.82 Å². The topological polar surface area (TPSA) is 95.6 Å². The largest absolute Gasteiger partial charge is 0.345 e. The van der Waals surface area contributed by atoms with E-state index < -0.39 is 0 Å². The molecule has 1 aromatic rings. The second-order valence-electron chi connectivity index (χ2n) is 3.24. The van der Waals surface area contributed by atoms with Gasteiger partial charge in [-0.05, 0) is 19.9 Å². The fourth-order valence-electron chi connectivity index (χ4n) is 1.09. The average molecular weight is 212 g/mol. The van der Waals surface area contributed by atoms with E-state index in [0.717, 1.165) is 13.0 Å². The van der Waals surface area contributed by atoms with Crippen LogP contribution >= 0.6 is 0 Å². The van der Waals surface area contributed by atoms with E-state index in [1.807, 2.05) is 13.8 Å². The summed E-state index contributed by atoms with van der Waals surface area (Å²) >= 11 is 0. The molecular weight excluding hydrogens is 196 g/mol. The molecule has 0 aliphatic heterocycles. The summed E-state index contributed by atoms with van der Waals surface area (Å²) in [5.74, 6) is 0.416. The third kappa shape index (κ3) is 4.03. The van der Waals surface area contributed by atoms with Crippen molar-refractivity contribution in [2.24, 2.45) is 0 Å². The van der Waals surface area contributed by atoms with Crippen LogP contribution in [0.3, 0.4) is 0 Å². The highest BCUT2D eigenvalue weighted by atomic mass is 16.2. The lowest BCUT2D eigenvalue weighted by Crippen LogP contribution is -2.36. The number of tetrazole rings is 1. The Balaban J connectivity index is 2.26. The lowest BCUT2D eigenvalue weighted by atomic mass is 10.3. The van der Waals surface area contributed by atoms with E-state index in [2.05, 4.69) is 31.3 Å². The number of amides is 1. The molecule has 0 bridgehead atoms. The Labute approximate surface area is 88.0 Å². The van der Waals surface area contributed by atoms with Crippen molar-refractivity contribution in [3.05, 3.63) is 5.82 Å². The number of carbonyl (C=O) groups is 1. The van der Waals surface area contributed by atoms with Crippen LogP contribution < -0.4 is 10.6 Å². The maximum Gasteiger partial charge on any atom is 0.234 e. The molecule has 0 aliphatic rings. The predicted octanol–water partition coefficient (Wildman–Crippen LogP) is -0.623. The normalized spacial score (nSPS) is 12.4. The van der Waals surface area contributed by atoms with Crippen LogP contribution in [-0.2, 0) is 4.79 Å². The molecule has 1 unspecified atom stereocenters. The van der Waals surface area contributed by atoms with Gasteiger partial charge in [-0.25, -0.2) is 0 Å². The van der Waals surface area contributed by atoms with E-state index >= 15 is 0 Å². The number of nitrogens with zero attached hydrogens (tertiary/aromatic N) is 3. The van der Waals surface area contributed by atoms with Gasteiger partial charge in [0.2, 0.25) is 5.91 Å². The molecule has 1 rings (SSSR count). The number of hydrogen-bond donors (Lipinski definition) is 3. The first-order valence-electron chi connectivity index (χ1n) is 4.97. The van der Waals surface area contributed by atoms with E-state index in [1.54, 1.807) is 0 Å². The molecule has 7 nitrogen and oxygen atoms in total. The predicted molar refractivity (Wildman–Crippen MR) is 53.9 cm³/mol. The molecule has 1 atom stereocenters. The maximum atomic E-state index is 11.4. The molecule has 0 saturated heterocycles. The van der Waals surface area contributed by atoms with Gasteiger partial charge in [-0.1, -0.05) is 12.1 Å². The van der Waals surface area contributed by atoms with Gasteiger partial charge in [0.1, 0.15) is 0 Å². The number of hydrogen-bond acceptors (Lipinski definition) is 5. The number of H-pyrrole nitrogens is 1. The van der Waals surface area contributed by atoms with Crippen LogP contribution in [0.25, 0.3) is 0 Å². The van der Waals surface area contributed by atoms with Crippen LogP contribution in [0.4, 0.5) is 0 Å². The van der Waals surface area contributed by atoms with Crippen LogP contribution in [0.1, 0.15) is 32.1 Å². The highest BCUT2D eigenvalue weighted by Crippen LogP contribution is 2.01. The summed E-state index contributed by atoms with van der Waals surface area (Å²) in [6.07, 6.45) is 1.01. The van der Waals surface area contributed by atoms with Crippen LogP contribution in [0.5, 0.6) is 0 Å². The Bertz CT molecular complexity index is 285. The van der Waals surface area contributed by atoms with Gasteiger partial charge in [0.25, 0.3) is 0 Å². The van der Waals surface area contributed by atoms with Crippen molar-refractivity contribution < 1.29 is 4.79 Å². The number of nitrogens with one attached hydrogen (secondary N) is 3. The molecule has 84 valence electrons. The van der Waals surface area contributed by atoms with Crippen molar-refractivity contribution in [1.82, 2.24) is 31.3 Å². The average Bonchev–Trinajstić information content (AvgIpc) is 2.70. The van der Waals surface area contributed by atoms with E-state index in [1.165, 1.54) is 0 Å². The standard InChI is InChI=1S/C8H16N6O/c1-3-4-9-5-7(15)10-6(2)8-11-13-14-12-8/h6,9H,3-5H2,1-2H3,(H,10,15)(H,11,12,13,14). The zero-order chi connectivity index (χ0) is 11.1. The molecule has 0 spiro atoms. The van der Waals surface area contributed by atoms with Crippen LogP contribution in [0.2, 0.25) is 0 Å². The summed E-state index contributed by atoms with van der Waals surface area (Å²) in [6, 6.07) is -0.223. The number of carbonyl (C=O) groups excluding carboxylic acids is 1. The Kier molecular flexibility index (Phi) is 4.69. The Morgan fingerprint density at radius 2 is 2.40 bits per heavy atom. The quantitative estimate of drug-likeness (QED) is 0.546. The van der Waals surface area contributed by atoms with Crippen molar-refractivity contribution in [3.8, 4) is 0 Å². The van der Waals surface area contributed by atoms with Gasteiger partial charge in [-0.3, -0.25) is 4.79 Å². The van der Waals surface area contributed by atoms with Crippen molar-refractivity contribution in [1.29, 1.82) is 0 Å². The Hall–Kier alpha value is -1.50. The third-order valence-electron chi connectivity index (χ3n) is 1.84. The monoisotopic (exact) mass is 212 g/mol. The highest BCUT2D eigenvalue weighted by Gasteiger charge is 2.12. The summed E-state index contributed by atoms with van der Waals surface area (Å²) in [7, 11) is 0. The maximum absolute atomic E-state index is 11.4. The van der Waals surface area contributed by atoms with Gasteiger partial charge in [-0.15, -0.1) is 10.2 Å². The fourth-order valence-corrected chi connectivity index (χ4v) is 1.09. The molecular formula is C8H16N6O. The van der Waals surface area contributed by atoms with Crippen molar-refractivity contribution >= 4 is 5.91 Å². The first-order valence-corrected chi connectivity index (χ1v) is 4.97. The summed E-state index contributed by atoms with van der Waals surface area (Å²) in [4.78, 5) is 11.4. The van der Waals surface area contributed by atoms with E-state index in [4.69, 9.17) is 0 Å². The molecule has 0 aliphatic carbocycles. The summed E-state index contributed by atoms with van der Waals surface area (Å²) in [6.45, 7) is 5.01. The minimum absolute atomic E-state index is 0.0687. The molecule has 0 radical (unpaired) electrons. The minimum atomic E-state index is -0.223. The lowest BCUT2D eigenvalue weighted by molar-refractivity contribution is -0.120. The van der Waals surface area contributed by atoms with E-state index in [0.29, 0.717) is 12.4 Å². The van der Waals surface area contributed by atoms with Crippen LogP contribution in [0, 0.1) is 0 Å².